The Morgan fingerprint density at radius 1 is 1.17 bits per heavy atom. The average molecular weight is 327 g/mol. The van der Waals surface area contributed by atoms with Gasteiger partial charge >= 0.3 is 0 Å². The number of likely N-dealkylation sites (tertiary alicyclic amines) is 1. The Kier molecular flexibility index (Phi) is 5.33. The molecule has 0 spiro atoms. The van der Waals surface area contributed by atoms with Crippen molar-refractivity contribution in [2.75, 3.05) is 19.6 Å². The number of rotatable bonds is 5. The van der Waals surface area contributed by atoms with Crippen LogP contribution in [-0.4, -0.2) is 58.3 Å². The lowest BCUT2D eigenvalue weighted by Gasteiger charge is -2.42. The monoisotopic (exact) mass is 327 g/mol. The number of carbonyl (C=O) groups is 2. The lowest BCUT2D eigenvalue weighted by molar-refractivity contribution is -0.146. The molecule has 6 N–H and O–H groups in total. The van der Waals surface area contributed by atoms with Crippen LogP contribution in [0.4, 0.5) is 0 Å². The molecule has 1 saturated carbocycles. The lowest BCUT2D eigenvalue weighted by atomic mass is 9.67. The zero-order valence-electron chi connectivity index (χ0n) is 13.8. The van der Waals surface area contributed by atoms with Crippen LogP contribution in [0, 0.1) is 11.3 Å². The standard InChI is InChI=1S/C16H29N3O4/c1-11-10-19(8-2-12(11)20)9-7-15(23)3-5-16(6-4-15,13(17)21)14(18)22/h11-12,20,23H,2-10H2,1H3,(H2,17,21)(H2,18,22)/t11-,12-/m0/s1. The molecule has 2 aliphatic rings. The normalized spacial score (nSPS) is 30.7. The minimum atomic E-state index is -1.31. The maximum Gasteiger partial charge on any atom is 0.233 e. The highest BCUT2D eigenvalue weighted by Crippen LogP contribution is 2.42. The summed E-state index contributed by atoms with van der Waals surface area (Å²) in [5.74, 6) is -1.14. The third-order valence-electron chi connectivity index (χ3n) is 5.82. The third kappa shape index (κ3) is 3.84. The number of aliphatic hydroxyl groups excluding tert-OH is 1. The molecular formula is C16H29N3O4. The molecule has 2 amide bonds. The Labute approximate surface area is 137 Å². The van der Waals surface area contributed by atoms with Crippen LogP contribution < -0.4 is 11.5 Å². The molecular weight excluding hydrogens is 298 g/mol. The van der Waals surface area contributed by atoms with E-state index in [1.165, 1.54) is 0 Å². The zero-order valence-corrected chi connectivity index (χ0v) is 13.8. The molecule has 2 rings (SSSR count). The first kappa shape index (κ1) is 18.2. The van der Waals surface area contributed by atoms with Crippen molar-refractivity contribution < 1.29 is 19.8 Å². The van der Waals surface area contributed by atoms with Crippen LogP contribution in [0.5, 0.6) is 0 Å². The predicted octanol–water partition coefficient (Wildman–Crippen LogP) is -0.659. The second-order valence-corrected chi connectivity index (χ2v) is 7.42. The van der Waals surface area contributed by atoms with Gasteiger partial charge in [0, 0.05) is 19.6 Å². The van der Waals surface area contributed by atoms with E-state index in [9.17, 15) is 19.8 Å². The van der Waals surface area contributed by atoms with Crippen molar-refractivity contribution in [3.8, 4) is 0 Å². The van der Waals surface area contributed by atoms with Crippen LogP contribution in [0.1, 0.15) is 45.4 Å². The van der Waals surface area contributed by atoms with Crippen molar-refractivity contribution in [2.45, 2.75) is 57.2 Å². The Balaban J connectivity index is 1.88. The summed E-state index contributed by atoms with van der Waals surface area (Å²) in [4.78, 5) is 25.5. The summed E-state index contributed by atoms with van der Waals surface area (Å²) >= 11 is 0. The van der Waals surface area contributed by atoms with E-state index in [0.29, 0.717) is 19.3 Å². The molecule has 1 aliphatic heterocycles. The fourth-order valence-corrected chi connectivity index (χ4v) is 3.80. The summed E-state index contributed by atoms with van der Waals surface area (Å²) in [5, 5.41) is 20.5. The summed E-state index contributed by atoms with van der Waals surface area (Å²) in [6, 6.07) is 0. The fourth-order valence-electron chi connectivity index (χ4n) is 3.80. The van der Waals surface area contributed by atoms with Gasteiger partial charge in [-0.3, -0.25) is 9.59 Å². The van der Waals surface area contributed by atoms with Crippen molar-refractivity contribution in [2.24, 2.45) is 22.8 Å². The molecule has 1 saturated heterocycles. The molecule has 0 unspecified atom stereocenters. The number of hydrogen-bond donors (Lipinski definition) is 4. The highest BCUT2D eigenvalue weighted by molar-refractivity contribution is 6.03. The van der Waals surface area contributed by atoms with Gasteiger partial charge in [0.05, 0.1) is 11.7 Å². The molecule has 23 heavy (non-hydrogen) atoms. The van der Waals surface area contributed by atoms with Gasteiger partial charge in [0.25, 0.3) is 0 Å². The van der Waals surface area contributed by atoms with E-state index in [2.05, 4.69) is 4.90 Å². The van der Waals surface area contributed by atoms with Crippen LogP contribution in [0.25, 0.3) is 0 Å². The first-order valence-corrected chi connectivity index (χ1v) is 8.41. The second kappa shape index (κ2) is 6.75. The molecule has 1 aliphatic carbocycles. The summed E-state index contributed by atoms with van der Waals surface area (Å²) in [5.41, 5.74) is 8.52. The number of carbonyl (C=O) groups excluding carboxylic acids is 2. The molecule has 0 aromatic carbocycles. The Bertz CT molecular complexity index is 444. The fraction of sp³-hybridized carbons (Fsp3) is 0.875. The van der Waals surface area contributed by atoms with Crippen LogP contribution in [0.3, 0.4) is 0 Å². The highest BCUT2D eigenvalue weighted by Gasteiger charge is 2.49. The Morgan fingerprint density at radius 3 is 2.22 bits per heavy atom. The Morgan fingerprint density at radius 2 is 1.74 bits per heavy atom. The SMILES string of the molecule is C[C@H]1CN(CCC2(O)CCC(C(N)=O)(C(N)=O)CC2)CC[C@@H]1O. The number of amides is 2. The molecule has 2 atom stereocenters. The lowest BCUT2D eigenvalue weighted by Crippen LogP contribution is -2.53. The van der Waals surface area contributed by atoms with Gasteiger partial charge < -0.3 is 26.6 Å². The number of primary amides is 2. The maximum atomic E-state index is 11.6. The topological polar surface area (TPSA) is 130 Å². The van der Waals surface area contributed by atoms with Gasteiger partial charge in [-0.2, -0.15) is 0 Å². The minimum Gasteiger partial charge on any atom is -0.393 e. The van der Waals surface area contributed by atoms with Gasteiger partial charge in [0.2, 0.25) is 11.8 Å². The van der Waals surface area contributed by atoms with E-state index in [1.807, 2.05) is 6.92 Å². The van der Waals surface area contributed by atoms with Gasteiger partial charge in [-0.25, -0.2) is 0 Å². The van der Waals surface area contributed by atoms with Crippen molar-refractivity contribution in [1.82, 2.24) is 4.90 Å². The quantitative estimate of drug-likeness (QED) is 0.498. The van der Waals surface area contributed by atoms with Gasteiger partial charge in [-0.15, -0.1) is 0 Å². The van der Waals surface area contributed by atoms with Crippen LogP contribution >= 0.6 is 0 Å². The Hall–Kier alpha value is -1.18. The first-order chi connectivity index (χ1) is 10.7. The van der Waals surface area contributed by atoms with E-state index in [4.69, 9.17) is 11.5 Å². The smallest absolute Gasteiger partial charge is 0.233 e. The van der Waals surface area contributed by atoms with Crippen molar-refractivity contribution in [3.63, 3.8) is 0 Å². The van der Waals surface area contributed by atoms with Crippen molar-refractivity contribution in [3.05, 3.63) is 0 Å². The molecule has 2 fully saturated rings. The van der Waals surface area contributed by atoms with Crippen LogP contribution in [0.2, 0.25) is 0 Å². The van der Waals surface area contributed by atoms with Gasteiger partial charge in [-0.05, 0) is 44.4 Å². The number of piperidine rings is 1. The number of aliphatic hydroxyl groups is 2. The second-order valence-electron chi connectivity index (χ2n) is 7.42. The zero-order chi connectivity index (χ0) is 17.3. The minimum absolute atomic E-state index is 0.212. The summed E-state index contributed by atoms with van der Waals surface area (Å²) in [7, 11) is 0. The molecule has 7 heteroatoms. The molecule has 0 bridgehead atoms. The summed E-state index contributed by atoms with van der Waals surface area (Å²) in [6.07, 6.45) is 2.23. The molecule has 0 aromatic rings. The highest BCUT2D eigenvalue weighted by atomic mass is 16.3. The van der Waals surface area contributed by atoms with E-state index in [1.54, 1.807) is 0 Å². The molecule has 132 valence electrons. The van der Waals surface area contributed by atoms with Crippen molar-refractivity contribution in [1.29, 1.82) is 0 Å². The predicted molar refractivity (Wildman–Crippen MR) is 85.1 cm³/mol. The van der Waals surface area contributed by atoms with E-state index >= 15 is 0 Å². The van der Waals surface area contributed by atoms with E-state index < -0.39 is 22.8 Å². The third-order valence-corrected chi connectivity index (χ3v) is 5.82. The van der Waals surface area contributed by atoms with Crippen molar-refractivity contribution >= 4 is 11.8 Å². The van der Waals surface area contributed by atoms with E-state index in [-0.39, 0.29) is 24.9 Å². The first-order valence-electron chi connectivity index (χ1n) is 8.41. The van der Waals surface area contributed by atoms with Crippen LogP contribution in [-0.2, 0) is 9.59 Å². The average Bonchev–Trinajstić information content (AvgIpc) is 2.49. The summed E-state index contributed by atoms with van der Waals surface area (Å²) < 4.78 is 0. The van der Waals surface area contributed by atoms with Crippen LogP contribution in [0.15, 0.2) is 0 Å². The number of nitrogens with zero attached hydrogens (tertiary/aromatic N) is 1. The summed E-state index contributed by atoms with van der Waals surface area (Å²) in [6.45, 7) is 4.42. The maximum absolute atomic E-state index is 11.6. The van der Waals surface area contributed by atoms with Gasteiger partial charge in [0.15, 0.2) is 0 Å². The molecule has 0 radical (unpaired) electrons. The number of nitrogens with two attached hydrogens (primary N) is 2. The molecule has 7 nitrogen and oxygen atoms in total. The van der Waals surface area contributed by atoms with Gasteiger partial charge in [-0.1, -0.05) is 6.92 Å². The largest absolute Gasteiger partial charge is 0.393 e. The molecule has 0 aromatic heterocycles. The van der Waals surface area contributed by atoms with Gasteiger partial charge in [0.1, 0.15) is 5.41 Å². The number of hydrogen-bond acceptors (Lipinski definition) is 5. The van der Waals surface area contributed by atoms with E-state index in [0.717, 1.165) is 26.1 Å². The molecule has 1 heterocycles.